The molecule has 0 radical (unpaired) electrons. The van der Waals surface area contributed by atoms with Gasteiger partial charge in [-0.3, -0.25) is 4.79 Å². The number of carbonyl (C=O) groups excluding carboxylic acids is 1. The van der Waals surface area contributed by atoms with Crippen LogP contribution in [0, 0.1) is 0 Å². The quantitative estimate of drug-likeness (QED) is 0.548. The van der Waals surface area contributed by atoms with E-state index in [0.717, 1.165) is 22.3 Å². The molecule has 132 valence electrons. The lowest BCUT2D eigenvalue weighted by atomic mass is 10.2. The minimum Gasteiger partial charge on any atom is -0.459 e. The number of rotatable bonds is 6. The Kier molecular flexibility index (Phi) is 4.53. The summed E-state index contributed by atoms with van der Waals surface area (Å²) in [4.78, 5) is 12.2. The van der Waals surface area contributed by atoms with Crippen LogP contribution in [0.5, 0.6) is 0 Å². The number of hydrogen-bond donors (Lipinski definition) is 1. The summed E-state index contributed by atoms with van der Waals surface area (Å²) in [6, 6.07) is 11.4. The lowest BCUT2D eigenvalue weighted by molar-refractivity contribution is -0.121. The van der Waals surface area contributed by atoms with Gasteiger partial charge >= 0.3 is 0 Å². The lowest BCUT2D eigenvalue weighted by Gasteiger charge is -2.10. The van der Waals surface area contributed by atoms with Gasteiger partial charge in [0, 0.05) is 29.2 Å². The third-order valence-electron chi connectivity index (χ3n) is 4.05. The molecule has 1 amide bonds. The van der Waals surface area contributed by atoms with Crippen molar-refractivity contribution in [1.29, 1.82) is 0 Å². The standard InChI is InChI=1S/C19H17N3O3S/c1-12(16-10-13-4-2-3-5-15(13)24-16)20-17(23)6-7-18-21-22-19(25-18)14-8-9-26-11-14/h2-5,8-12H,6-7H2,1H3,(H,20,23). The average Bonchev–Trinajstić information content (AvgIpc) is 3.39. The Hall–Kier alpha value is -2.93. The molecule has 0 bridgehead atoms. The van der Waals surface area contributed by atoms with E-state index in [2.05, 4.69) is 15.5 Å². The van der Waals surface area contributed by atoms with Crippen LogP contribution in [0.1, 0.15) is 31.0 Å². The van der Waals surface area contributed by atoms with Crippen molar-refractivity contribution < 1.29 is 13.6 Å². The summed E-state index contributed by atoms with van der Waals surface area (Å²) in [5.74, 6) is 1.58. The molecule has 3 aromatic heterocycles. The maximum atomic E-state index is 12.2. The molecule has 4 rings (SSSR count). The summed E-state index contributed by atoms with van der Waals surface area (Å²) < 4.78 is 11.4. The van der Waals surface area contributed by atoms with E-state index in [0.29, 0.717) is 18.2 Å². The number of para-hydroxylation sites is 1. The number of aryl methyl sites for hydroxylation is 1. The van der Waals surface area contributed by atoms with Gasteiger partial charge in [-0.15, -0.1) is 10.2 Å². The number of aromatic nitrogens is 2. The van der Waals surface area contributed by atoms with Gasteiger partial charge in [0.1, 0.15) is 11.3 Å². The number of carbonyl (C=O) groups is 1. The average molecular weight is 367 g/mol. The van der Waals surface area contributed by atoms with Gasteiger partial charge in [0.15, 0.2) is 0 Å². The second-order valence-corrected chi connectivity index (χ2v) is 6.77. The fraction of sp³-hybridized carbons (Fsp3) is 0.211. The Bertz CT molecular complexity index is 987. The molecule has 4 aromatic rings. The SMILES string of the molecule is CC(NC(=O)CCc1nnc(-c2ccsc2)o1)c1cc2ccccc2o1. The van der Waals surface area contributed by atoms with Gasteiger partial charge in [-0.1, -0.05) is 18.2 Å². The van der Waals surface area contributed by atoms with Crippen LogP contribution >= 0.6 is 11.3 Å². The molecule has 7 heteroatoms. The lowest BCUT2D eigenvalue weighted by Crippen LogP contribution is -2.26. The smallest absolute Gasteiger partial charge is 0.248 e. The first-order chi connectivity index (χ1) is 12.7. The van der Waals surface area contributed by atoms with E-state index in [9.17, 15) is 4.79 Å². The van der Waals surface area contributed by atoms with Gasteiger partial charge in [-0.05, 0) is 30.5 Å². The van der Waals surface area contributed by atoms with Gasteiger partial charge in [-0.2, -0.15) is 11.3 Å². The highest BCUT2D eigenvalue weighted by molar-refractivity contribution is 7.08. The summed E-state index contributed by atoms with van der Waals surface area (Å²) in [6.45, 7) is 1.90. The van der Waals surface area contributed by atoms with Gasteiger partial charge in [0.2, 0.25) is 17.7 Å². The second-order valence-electron chi connectivity index (χ2n) is 5.99. The van der Waals surface area contributed by atoms with Crippen molar-refractivity contribution in [2.24, 2.45) is 0 Å². The molecular weight excluding hydrogens is 350 g/mol. The molecule has 3 heterocycles. The van der Waals surface area contributed by atoms with Gasteiger partial charge in [-0.25, -0.2) is 0 Å². The molecule has 1 aromatic carbocycles. The molecule has 1 atom stereocenters. The van der Waals surface area contributed by atoms with Gasteiger partial charge in [0.05, 0.1) is 6.04 Å². The number of thiophene rings is 1. The number of furan rings is 1. The number of hydrogen-bond acceptors (Lipinski definition) is 6. The number of nitrogens with one attached hydrogen (secondary N) is 1. The first kappa shape index (κ1) is 16.5. The molecule has 0 aliphatic carbocycles. The highest BCUT2D eigenvalue weighted by Gasteiger charge is 2.15. The number of fused-ring (bicyclic) bond motifs is 1. The number of benzene rings is 1. The minimum absolute atomic E-state index is 0.0896. The molecular formula is C19H17N3O3S. The highest BCUT2D eigenvalue weighted by atomic mass is 32.1. The van der Waals surface area contributed by atoms with E-state index in [1.54, 1.807) is 11.3 Å². The molecule has 0 fully saturated rings. The molecule has 0 saturated carbocycles. The largest absolute Gasteiger partial charge is 0.459 e. The van der Waals surface area contributed by atoms with E-state index in [4.69, 9.17) is 8.83 Å². The summed E-state index contributed by atoms with van der Waals surface area (Å²) in [5.41, 5.74) is 1.71. The van der Waals surface area contributed by atoms with Crippen LogP contribution < -0.4 is 5.32 Å². The fourth-order valence-electron chi connectivity index (χ4n) is 2.68. The van der Waals surface area contributed by atoms with Crippen LogP contribution in [-0.4, -0.2) is 16.1 Å². The van der Waals surface area contributed by atoms with Gasteiger partial charge < -0.3 is 14.2 Å². The fourth-order valence-corrected chi connectivity index (χ4v) is 3.31. The van der Waals surface area contributed by atoms with Gasteiger partial charge in [0.25, 0.3) is 0 Å². The summed E-state index contributed by atoms with van der Waals surface area (Å²) in [5, 5.41) is 15.9. The monoisotopic (exact) mass is 367 g/mol. The Morgan fingerprint density at radius 2 is 2.12 bits per heavy atom. The molecule has 6 nitrogen and oxygen atoms in total. The van der Waals surface area contributed by atoms with Crippen molar-refractivity contribution in [2.75, 3.05) is 0 Å². The Morgan fingerprint density at radius 3 is 2.92 bits per heavy atom. The van der Waals surface area contributed by atoms with Crippen LogP contribution in [0.25, 0.3) is 22.4 Å². The zero-order chi connectivity index (χ0) is 17.9. The highest BCUT2D eigenvalue weighted by Crippen LogP contribution is 2.24. The van der Waals surface area contributed by atoms with Crippen LogP contribution in [0.15, 0.2) is 56.0 Å². The second kappa shape index (κ2) is 7.13. The molecule has 1 unspecified atom stereocenters. The Morgan fingerprint density at radius 1 is 1.23 bits per heavy atom. The van der Waals surface area contributed by atoms with Crippen LogP contribution in [0.4, 0.5) is 0 Å². The van der Waals surface area contributed by atoms with Crippen molar-refractivity contribution in [2.45, 2.75) is 25.8 Å². The van der Waals surface area contributed by atoms with Crippen molar-refractivity contribution in [3.63, 3.8) is 0 Å². The molecule has 1 N–H and O–H groups in total. The van der Waals surface area contributed by atoms with Crippen LogP contribution in [0.2, 0.25) is 0 Å². The van der Waals surface area contributed by atoms with E-state index in [-0.39, 0.29) is 18.4 Å². The van der Waals surface area contributed by atoms with Crippen LogP contribution in [-0.2, 0) is 11.2 Å². The zero-order valence-electron chi connectivity index (χ0n) is 14.1. The third kappa shape index (κ3) is 3.52. The normalized spacial score (nSPS) is 12.3. The predicted octanol–water partition coefficient (Wildman–Crippen LogP) is 4.35. The molecule has 0 saturated heterocycles. The predicted molar refractivity (Wildman–Crippen MR) is 98.7 cm³/mol. The number of nitrogens with zero attached hydrogens (tertiary/aromatic N) is 2. The first-order valence-electron chi connectivity index (χ1n) is 8.32. The maximum absolute atomic E-state index is 12.2. The molecule has 0 aliphatic heterocycles. The van der Waals surface area contributed by atoms with E-state index in [1.165, 1.54) is 0 Å². The van der Waals surface area contributed by atoms with Crippen molar-refractivity contribution in [3.8, 4) is 11.5 Å². The summed E-state index contributed by atoms with van der Waals surface area (Å²) >= 11 is 1.57. The summed E-state index contributed by atoms with van der Waals surface area (Å²) in [7, 11) is 0. The summed E-state index contributed by atoms with van der Waals surface area (Å²) in [6.07, 6.45) is 0.672. The molecule has 0 aliphatic rings. The maximum Gasteiger partial charge on any atom is 0.248 e. The Labute approximate surface area is 153 Å². The minimum atomic E-state index is -0.209. The molecule has 0 spiro atoms. The van der Waals surface area contributed by atoms with Crippen molar-refractivity contribution in [1.82, 2.24) is 15.5 Å². The van der Waals surface area contributed by atoms with Crippen LogP contribution in [0.3, 0.4) is 0 Å². The Balaban J connectivity index is 1.33. The topological polar surface area (TPSA) is 81.2 Å². The first-order valence-corrected chi connectivity index (χ1v) is 9.26. The number of amides is 1. The molecule has 26 heavy (non-hydrogen) atoms. The van der Waals surface area contributed by atoms with E-state index >= 15 is 0 Å². The third-order valence-corrected chi connectivity index (χ3v) is 4.73. The van der Waals surface area contributed by atoms with E-state index in [1.807, 2.05) is 54.1 Å². The van der Waals surface area contributed by atoms with Crippen molar-refractivity contribution in [3.05, 3.63) is 58.8 Å². The van der Waals surface area contributed by atoms with Crippen molar-refractivity contribution >= 4 is 28.2 Å². The van der Waals surface area contributed by atoms with E-state index < -0.39 is 0 Å². The zero-order valence-corrected chi connectivity index (χ0v) is 15.0.